The minimum absolute atomic E-state index is 1.39. The van der Waals surface area contributed by atoms with Gasteiger partial charge in [0, 0.05) is 0 Å². The van der Waals surface area contributed by atoms with Crippen molar-refractivity contribution < 1.29 is 0 Å². The Labute approximate surface area is 91.9 Å². The molecule has 0 amide bonds. The van der Waals surface area contributed by atoms with Gasteiger partial charge in [-0.1, -0.05) is 18.2 Å². The van der Waals surface area contributed by atoms with Crippen LogP contribution in [0.4, 0.5) is 0 Å². The van der Waals surface area contributed by atoms with E-state index in [1.54, 1.807) is 0 Å². The zero-order valence-corrected chi connectivity index (χ0v) is 10.2. The lowest BCUT2D eigenvalue weighted by molar-refractivity contribution is 1.32. The predicted molar refractivity (Wildman–Crippen MR) is 67.6 cm³/mol. The third kappa shape index (κ3) is 1.45. The van der Waals surface area contributed by atoms with E-state index in [4.69, 9.17) is 0 Å². The van der Waals surface area contributed by atoms with Gasteiger partial charge in [-0.25, -0.2) is 0 Å². The van der Waals surface area contributed by atoms with E-state index in [1.807, 2.05) is 0 Å². The lowest BCUT2D eigenvalue weighted by atomic mass is 9.91. The molecule has 2 aromatic rings. The van der Waals surface area contributed by atoms with Crippen molar-refractivity contribution >= 4 is 10.8 Å². The molecule has 0 bridgehead atoms. The fourth-order valence-electron chi connectivity index (χ4n) is 2.50. The second-order valence-electron chi connectivity index (χ2n) is 4.58. The van der Waals surface area contributed by atoms with E-state index in [0.29, 0.717) is 0 Å². The highest BCUT2D eigenvalue weighted by atomic mass is 14.1. The average molecular weight is 198 g/mol. The largest absolute Gasteiger partial charge is 0.0584 e. The third-order valence-corrected chi connectivity index (χ3v) is 3.42. The van der Waals surface area contributed by atoms with Gasteiger partial charge in [0.25, 0.3) is 0 Å². The molecule has 0 spiro atoms. The number of hydrogen-bond donors (Lipinski definition) is 0. The molecule has 0 aliphatic heterocycles. The van der Waals surface area contributed by atoms with Crippen LogP contribution in [0.1, 0.15) is 27.8 Å². The molecule has 0 aliphatic rings. The van der Waals surface area contributed by atoms with Crippen molar-refractivity contribution in [2.24, 2.45) is 0 Å². The number of rotatable bonds is 0. The highest BCUT2D eigenvalue weighted by Crippen LogP contribution is 2.30. The predicted octanol–water partition coefficient (Wildman–Crippen LogP) is 4.38. The maximum absolute atomic E-state index is 2.30. The van der Waals surface area contributed by atoms with Gasteiger partial charge in [-0.2, -0.15) is 0 Å². The van der Waals surface area contributed by atoms with Crippen LogP contribution < -0.4 is 0 Å². The van der Waals surface area contributed by atoms with Crippen LogP contribution in [0.25, 0.3) is 10.8 Å². The van der Waals surface area contributed by atoms with Gasteiger partial charge in [0.05, 0.1) is 0 Å². The molecule has 0 aromatic heterocycles. The Kier molecular flexibility index (Phi) is 2.30. The first-order valence-electron chi connectivity index (χ1n) is 5.49. The fraction of sp³-hybridized carbons (Fsp3) is 0.333. The summed E-state index contributed by atoms with van der Waals surface area (Å²) in [4.78, 5) is 0. The summed E-state index contributed by atoms with van der Waals surface area (Å²) in [7, 11) is 0. The topological polar surface area (TPSA) is 0 Å². The fourth-order valence-corrected chi connectivity index (χ4v) is 2.50. The highest BCUT2D eigenvalue weighted by molar-refractivity contribution is 5.94. The SMILES string of the molecule is Cc1cc(C)c2c(C)ccc(C)c2c1C. The second kappa shape index (κ2) is 3.37. The first kappa shape index (κ1) is 10.2. The normalized spacial score (nSPS) is 11.0. The first-order chi connectivity index (χ1) is 7.02. The van der Waals surface area contributed by atoms with E-state index in [9.17, 15) is 0 Å². The van der Waals surface area contributed by atoms with Crippen molar-refractivity contribution in [3.8, 4) is 0 Å². The molecule has 0 saturated carbocycles. The summed E-state index contributed by atoms with van der Waals surface area (Å²) in [5, 5.41) is 2.89. The summed E-state index contributed by atoms with van der Waals surface area (Å²) in [6.45, 7) is 11.0. The molecule has 0 fully saturated rings. The van der Waals surface area contributed by atoms with E-state index in [1.165, 1.54) is 38.6 Å². The summed E-state index contributed by atoms with van der Waals surface area (Å²) >= 11 is 0. The molecule has 0 heterocycles. The van der Waals surface area contributed by atoms with Crippen molar-refractivity contribution in [1.29, 1.82) is 0 Å². The Morgan fingerprint density at radius 2 is 1.13 bits per heavy atom. The third-order valence-electron chi connectivity index (χ3n) is 3.42. The van der Waals surface area contributed by atoms with Gasteiger partial charge in [0.2, 0.25) is 0 Å². The zero-order valence-electron chi connectivity index (χ0n) is 10.2. The Bertz CT molecular complexity index is 533. The molecule has 2 rings (SSSR count). The molecule has 0 saturated heterocycles. The van der Waals surface area contributed by atoms with Gasteiger partial charge < -0.3 is 0 Å². The second-order valence-corrected chi connectivity index (χ2v) is 4.58. The molecule has 2 aromatic carbocycles. The minimum Gasteiger partial charge on any atom is -0.0584 e. The van der Waals surface area contributed by atoms with Gasteiger partial charge in [0.15, 0.2) is 0 Å². The smallest absolute Gasteiger partial charge is 0.0117 e. The minimum atomic E-state index is 1.39. The molecule has 0 heteroatoms. The maximum Gasteiger partial charge on any atom is -0.0117 e. The van der Waals surface area contributed by atoms with Crippen LogP contribution in [0, 0.1) is 34.6 Å². The van der Waals surface area contributed by atoms with Crippen LogP contribution in [0.5, 0.6) is 0 Å². The lowest BCUT2D eigenvalue weighted by Gasteiger charge is -2.14. The quantitative estimate of drug-likeness (QED) is 0.589. The van der Waals surface area contributed by atoms with Crippen LogP contribution >= 0.6 is 0 Å². The summed E-state index contributed by atoms with van der Waals surface area (Å²) < 4.78 is 0. The molecular weight excluding hydrogens is 180 g/mol. The molecule has 0 unspecified atom stereocenters. The van der Waals surface area contributed by atoms with E-state index in [-0.39, 0.29) is 0 Å². The lowest BCUT2D eigenvalue weighted by Crippen LogP contribution is -1.92. The van der Waals surface area contributed by atoms with Gasteiger partial charge in [-0.15, -0.1) is 0 Å². The highest BCUT2D eigenvalue weighted by Gasteiger charge is 2.08. The van der Waals surface area contributed by atoms with Gasteiger partial charge in [0.1, 0.15) is 0 Å². The Morgan fingerprint density at radius 1 is 0.600 bits per heavy atom. The monoisotopic (exact) mass is 198 g/mol. The van der Waals surface area contributed by atoms with E-state index >= 15 is 0 Å². The maximum atomic E-state index is 2.30. The van der Waals surface area contributed by atoms with Crippen LogP contribution in [0.15, 0.2) is 18.2 Å². The molecule has 15 heavy (non-hydrogen) atoms. The van der Waals surface area contributed by atoms with Crippen LogP contribution in [-0.2, 0) is 0 Å². The first-order valence-corrected chi connectivity index (χ1v) is 5.49. The van der Waals surface area contributed by atoms with Crippen molar-refractivity contribution in [2.45, 2.75) is 34.6 Å². The molecule has 0 atom stereocenters. The number of aryl methyl sites for hydroxylation is 5. The Balaban J connectivity index is 3.08. The van der Waals surface area contributed by atoms with Crippen molar-refractivity contribution in [1.82, 2.24) is 0 Å². The van der Waals surface area contributed by atoms with E-state index in [0.717, 1.165) is 0 Å². The molecule has 78 valence electrons. The van der Waals surface area contributed by atoms with Crippen LogP contribution in [0.2, 0.25) is 0 Å². The Morgan fingerprint density at radius 3 is 1.73 bits per heavy atom. The molecule has 0 radical (unpaired) electrons. The summed E-state index contributed by atoms with van der Waals surface area (Å²) in [5.74, 6) is 0. The summed E-state index contributed by atoms with van der Waals surface area (Å²) in [6.07, 6.45) is 0. The van der Waals surface area contributed by atoms with Gasteiger partial charge in [-0.3, -0.25) is 0 Å². The van der Waals surface area contributed by atoms with Crippen LogP contribution in [-0.4, -0.2) is 0 Å². The van der Waals surface area contributed by atoms with Crippen molar-refractivity contribution in [3.63, 3.8) is 0 Å². The van der Waals surface area contributed by atoms with Crippen LogP contribution in [0.3, 0.4) is 0 Å². The standard InChI is InChI=1S/C15H18/c1-9-6-7-10(2)15-13(5)11(3)8-12(4)14(9)15/h6-8H,1-5H3. The van der Waals surface area contributed by atoms with Crippen molar-refractivity contribution in [2.75, 3.05) is 0 Å². The Hall–Kier alpha value is -1.30. The molecule has 0 nitrogen and oxygen atoms in total. The van der Waals surface area contributed by atoms with E-state index < -0.39 is 0 Å². The summed E-state index contributed by atoms with van der Waals surface area (Å²) in [6, 6.07) is 6.74. The average Bonchev–Trinajstić information content (AvgIpc) is 2.18. The summed E-state index contributed by atoms with van der Waals surface area (Å²) in [5.41, 5.74) is 7.00. The number of hydrogen-bond acceptors (Lipinski definition) is 0. The van der Waals surface area contributed by atoms with Gasteiger partial charge in [-0.05, 0) is 73.2 Å². The molecule has 0 aliphatic carbocycles. The number of benzene rings is 2. The molecular formula is C15H18. The van der Waals surface area contributed by atoms with Gasteiger partial charge >= 0.3 is 0 Å². The van der Waals surface area contributed by atoms with Crippen molar-refractivity contribution in [3.05, 3.63) is 46.0 Å². The molecule has 0 N–H and O–H groups in total. The number of fused-ring (bicyclic) bond motifs is 1. The zero-order chi connectivity index (χ0) is 11.2. The van der Waals surface area contributed by atoms with E-state index in [2.05, 4.69) is 52.8 Å².